The van der Waals surface area contributed by atoms with Gasteiger partial charge in [0.1, 0.15) is 11.9 Å². The topological polar surface area (TPSA) is 57.2 Å². The van der Waals surface area contributed by atoms with Crippen LogP contribution < -0.4 is 5.32 Å². The third-order valence-corrected chi connectivity index (χ3v) is 5.60. The molecule has 1 aromatic carbocycles. The molecule has 0 aliphatic carbocycles. The minimum absolute atomic E-state index is 0.112. The summed E-state index contributed by atoms with van der Waals surface area (Å²) in [7, 11) is 1.75. The number of carbonyl (C=O) groups excluding carboxylic acids is 1. The molecule has 1 aromatic rings. The van der Waals surface area contributed by atoms with E-state index in [0.29, 0.717) is 31.8 Å². The first-order chi connectivity index (χ1) is 13.4. The van der Waals surface area contributed by atoms with Gasteiger partial charge in [-0.25, -0.2) is 4.39 Å². The second-order valence-electron chi connectivity index (χ2n) is 8.08. The lowest BCUT2D eigenvalue weighted by molar-refractivity contribution is -0.142. The van der Waals surface area contributed by atoms with Gasteiger partial charge in [-0.2, -0.15) is 0 Å². The number of ether oxygens (including phenoxy) is 1. The van der Waals surface area contributed by atoms with Crippen molar-refractivity contribution in [1.82, 2.24) is 15.1 Å². The monoisotopic (exact) mass is 390 g/mol. The van der Waals surface area contributed by atoms with Gasteiger partial charge >= 0.3 is 0 Å². The average Bonchev–Trinajstić information content (AvgIpc) is 3.23. The van der Waals surface area contributed by atoms with Crippen molar-refractivity contribution in [2.24, 2.45) is 4.99 Å². The van der Waals surface area contributed by atoms with Crippen LogP contribution in [0, 0.1) is 5.82 Å². The number of aliphatic imine (C=N–C) groups is 1. The van der Waals surface area contributed by atoms with E-state index in [4.69, 9.17) is 4.74 Å². The zero-order valence-electron chi connectivity index (χ0n) is 17.1. The zero-order valence-corrected chi connectivity index (χ0v) is 17.1. The van der Waals surface area contributed by atoms with Gasteiger partial charge in [-0.05, 0) is 24.5 Å². The molecular formula is C21H31FN4O2. The number of halogens is 1. The number of amides is 1. The van der Waals surface area contributed by atoms with E-state index in [2.05, 4.69) is 15.2 Å². The van der Waals surface area contributed by atoms with Crippen LogP contribution in [0.4, 0.5) is 4.39 Å². The zero-order chi connectivity index (χ0) is 20.1. The van der Waals surface area contributed by atoms with Gasteiger partial charge in [0.25, 0.3) is 5.91 Å². The number of piperazine rings is 1. The van der Waals surface area contributed by atoms with Gasteiger partial charge < -0.3 is 19.9 Å². The van der Waals surface area contributed by atoms with Crippen molar-refractivity contribution >= 4 is 11.9 Å². The fourth-order valence-electron chi connectivity index (χ4n) is 3.85. The first kappa shape index (κ1) is 20.6. The molecule has 28 heavy (non-hydrogen) atoms. The molecule has 2 aliphatic heterocycles. The fraction of sp³-hybridized carbons (Fsp3) is 0.619. The summed E-state index contributed by atoms with van der Waals surface area (Å²) >= 11 is 0. The molecule has 154 valence electrons. The SMILES string of the molecule is CN=C(NCC(C)(C)c1ccccc1F)N1CCN(C(=O)C2CCCO2)CC1. The van der Waals surface area contributed by atoms with Crippen molar-refractivity contribution in [2.45, 2.75) is 38.2 Å². The van der Waals surface area contributed by atoms with E-state index < -0.39 is 0 Å². The maximum absolute atomic E-state index is 14.2. The lowest BCUT2D eigenvalue weighted by atomic mass is 9.84. The van der Waals surface area contributed by atoms with E-state index in [1.807, 2.05) is 30.9 Å². The molecule has 0 radical (unpaired) electrons. The molecule has 1 amide bonds. The van der Waals surface area contributed by atoms with E-state index in [1.54, 1.807) is 13.1 Å². The summed E-state index contributed by atoms with van der Waals surface area (Å²) in [5, 5.41) is 3.39. The molecule has 0 bridgehead atoms. The molecule has 6 nitrogen and oxygen atoms in total. The van der Waals surface area contributed by atoms with E-state index in [1.165, 1.54) is 6.07 Å². The standard InChI is InChI=1S/C21H31FN4O2/c1-21(2,16-7-4-5-8-17(16)22)15-24-20(23-3)26-12-10-25(11-13-26)19(27)18-9-6-14-28-18/h4-5,7-8,18H,6,9-15H2,1-3H3,(H,23,24). The minimum atomic E-state index is -0.376. The van der Waals surface area contributed by atoms with E-state index in [-0.39, 0.29) is 23.2 Å². The molecule has 7 heteroatoms. The van der Waals surface area contributed by atoms with Crippen molar-refractivity contribution in [3.63, 3.8) is 0 Å². The Morgan fingerprint density at radius 3 is 2.54 bits per heavy atom. The van der Waals surface area contributed by atoms with Gasteiger partial charge in [0.2, 0.25) is 0 Å². The third-order valence-electron chi connectivity index (χ3n) is 5.60. The van der Waals surface area contributed by atoms with Crippen LogP contribution in [0.5, 0.6) is 0 Å². The molecule has 0 aromatic heterocycles. The second kappa shape index (κ2) is 8.90. The summed E-state index contributed by atoms with van der Waals surface area (Å²) < 4.78 is 19.7. The van der Waals surface area contributed by atoms with E-state index in [0.717, 1.165) is 31.9 Å². The van der Waals surface area contributed by atoms with Crippen LogP contribution in [-0.4, -0.2) is 74.1 Å². The lowest BCUT2D eigenvalue weighted by Crippen LogP contribution is -2.56. The fourth-order valence-corrected chi connectivity index (χ4v) is 3.85. The summed E-state index contributed by atoms with van der Waals surface area (Å²) in [6, 6.07) is 6.89. The van der Waals surface area contributed by atoms with Crippen molar-refractivity contribution < 1.29 is 13.9 Å². The Hall–Kier alpha value is -2.15. The van der Waals surface area contributed by atoms with Gasteiger partial charge in [-0.3, -0.25) is 9.79 Å². The molecule has 1 unspecified atom stereocenters. The molecule has 0 saturated carbocycles. The number of hydrogen-bond acceptors (Lipinski definition) is 3. The van der Waals surface area contributed by atoms with Crippen LogP contribution in [0.3, 0.4) is 0 Å². The molecule has 2 fully saturated rings. The van der Waals surface area contributed by atoms with Crippen LogP contribution in [0.15, 0.2) is 29.3 Å². The summed E-state index contributed by atoms with van der Waals surface area (Å²) in [5.74, 6) is 0.708. The predicted molar refractivity (Wildman–Crippen MR) is 108 cm³/mol. The number of nitrogens with one attached hydrogen (secondary N) is 1. The summed E-state index contributed by atoms with van der Waals surface area (Å²) in [6.45, 7) is 8.05. The van der Waals surface area contributed by atoms with E-state index >= 15 is 0 Å². The Morgan fingerprint density at radius 1 is 1.25 bits per heavy atom. The Bertz CT molecular complexity index is 708. The number of rotatable bonds is 4. The highest BCUT2D eigenvalue weighted by Gasteiger charge is 2.31. The van der Waals surface area contributed by atoms with Gasteiger partial charge in [0.05, 0.1) is 0 Å². The number of benzene rings is 1. The van der Waals surface area contributed by atoms with Crippen LogP contribution in [0.1, 0.15) is 32.3 Å². The predicted octanol–water partition coefficient (Wildman–Crippen LogP) is 2.00. The van der Waals surface area contributed by atoms with E-state index in [9.17, 15) is 9.18 Å². The molecule has 0 spiro atoms. The Balaban J connectivity index is 1.53. The summed E-state index contributed by atoms with van der Waals surface area (Å²) in [6.07, 6.45) is 1.53. The smallest absolute Gasteiger partial charge is 0.251 e. The molecule has 1 N–H and O–H groups in total. The maximum Gasteiger partial charge on any atom is 0.251 e. The number of carbonyl (C=O) groups is 1. The average molecular weight is 391 g/mol. The molecule has 2 heterocycles. The van der Waals surface area contributed by atoms with Crippen LogP contribution in [-0.2, 0) is 14.9 Å². The highest BCUT2D eigenvalue weighted by Crippen LogP contribution is 2.25. The highest BCUT2D eigenvalue weighted by molar-refractivity contribution is 5.82. The maximum atomic E-state index is 14.2. The van der Waals surface area contributed by atoms with Gasteiger partial charge in [-0.15, -0.1) is 0 Å². The normalized spacial score (nSPS) is 21.1. The Labute approximate surface area is 166 Å². The molecule has 2 saturated heterocycles. The number of guanidine groups is 1. The summed E-state index contributed by atoms with van der Waals surface area (Å²) in [4.78, 5) is 20.9. The molecule has 2 aliphatic rings. The largest absolute Gasteiger partial charge is 0.368 e. The van der Waals surface area contributed by atoms with Crippen molar-refractivity contribution in [3.05, 3.63) is 35.6 Å². The van der Waals surface area contributed by atoms with Crippen molar-refractivity contribution in [1.29, 1.82) is 0 Å². The number of hydrogen-bond donors (Lipinski definition) is 1. The van der Waals surface area contributed by atoms with Crippen LogP contribution in [0.25, 0.3) is 0 Å². The first-order valence-corrected chi connectivity index (χ1v) is 10.0. The quantitative estimate of drug-likeness (QED) is 0.631. The van der Waals surface area contributed by atoms with Crippen LogP contribution in [0.2, 0.25) is 0 Å². The van der Waals surface area contributed by atoms with Gasteiger partial charge in [-0.1, -0.05) is 32.0 Å². The lowest BCUT2D eigenvalue weighted by Gasteiger charge is -2.38. The Kier molecular flexibility index (Phi) is 6.54. The Morgan fingerprint density at radius 2 is 1.93 bits per heavy atom. The van der Waals surface area contributed by atoms with Crippen molar-refractivity contribution in [2.75, 3.05) is 46.4 Å². The van der Waals surface area contributed by atoms with Gasteiger partial charge in [0.15, 0.2) is 5.96 Å². The molecular weight excluding hydrogens is 359 g/mol. The number of nitrogens with zero attached hydrogens (tertiary/aromatic N) is 3. The highest BCUT2D eigenvalue weighted by atomic mass is 19.1. The summed E-state index contributed by atoms with van der Waals surface area (Å²) in [5.41, 5.74) is 0.309. The molecule has 3 rings (SSSR count). The third kappa shape index (κ3) is 4.63. The van der Waals surface area contributed by atoms with Crippen molar-refractivity contribution in [3.8, 4) is 0 Å². The molecule has 1 atom stereocenters. The second-order valence-corrected chi connectivity index (χ2v) is 8.08. The first-order valence-electron chi connectivity index (χ1n) is 10.0. The van der Waals surface area contributed by atoms with Crippen LogP contribution >= 0.6 is 0 Å². The van der Waals surface area contributed by atoms with Gasteiger partial charge in [0, 0.05) is 51.8 Å². The minimum Gasteiger partial charge on any atom is -0.368 e.